The van der Waals surface area contributed by atoms with Crippen LogP contribution in [0.2, 0.25) is 0 Å². The molecule has 110 valence electrons. The summed E-state index contributed by atoms with van der Waals surface area (Å²) < 4.78 is 5.54. The SMILES string of the molecule is CC1CCC(C(=O)NCc2ccc(-c3nn[nH]n3)cc2)O1. The molecular weight excluding hydrogens is 270 g/mol. The molecule has 0 aliphatic carbocycles. The van der Waals surface area contributed by atoms with E-state index in [1.165, 1.54) is 0 Å². The third-order valence-corrected chi connectivity index (χ3v) is 3.55. The zero-order valence-corrected chi connectivity index (χ0v) is 11.7. The number of aromatic nitrogens is 4. The number of nitrogens with one attached hydrogen (secondary N) is 2. The molecule has 2 heterocycles. The molecule has 0 radical (unpaired) electrons. The predicted octanol–water partition coefficient (Wildman–Crippen LogP) is 1.05. The van der Waals surface area contributed by atoms with Crippen molar-refractivity contribution in [1.29, 1.82) is 0 Å². The van der Waals surface area contributed by atoms with Crippen LogP contribution in [0.4, 0.5) is 0 Å². The van der Waals surface area contributed by atoms with Gasteiger partial charge in [0.1, 0.15) is 6.10 Å². The van der Waals surface area contributed by atoms with Crippen molar-refractivity contribution in [3.63, 3.8) is 0 Å². The lowest BCUT2D eigenvalue weighted by molar-refractivity contribution is -0.131. The van der Waals surface area contributed by atoms with Crippen molar-refractivity contribution in [2.45, 2.75) is 38.5 Å². The van der Waals surface area contributed by atoms with Crippen LogP contribution < -0.4 is 5.32 Å². The molecule has 2 aromatic rings. The summed E-state index contributed by atoms with van der Waals surface area (Å²) in [5, 5.41) is 16.7. The summed E-state index contributed by atoms with van der Waals surface area (Å²) in [6.07, 6.45) is 1.61. The van der Waals surface area contributed by atoms with Crippen molar-refractivity contribution < 1.29 is 9.53 Å². The molecule has 2 unspecified atom stereocenters. The molecule has 1 saturated heterocycles. The highest BCUT2D eigenvalue weighted by molar-refractivity contribution is 5.81. The first-order valence-electron chi connectivity index (χ1n) is 6.98. The molecule has 1 aliphatic rings. The molecule has 7 heteroatoms. The number of nitrogens with zero attached hydrogens (tertiary/aromatic N) is 3. The van der Waals surface area contributed by atoms with Gasteiger partial charge in [-0.2, -0.15) is 5.21 Å². The molecule has 0 saturated carbocycles. The maximum absolute atomic E-state index is 11.9. The van der Waals surface area contributed by atoms with Crippen LogP contribution >= 0.6 is 0 Å². The highest BCUT2D eigenvalue weighted by Gasteiger charge is 2.27. The number of ether oxygens (including phenoxy) is 1. The average Bonchev–Trinajstić information content (AvgIpc) is 3.16. The normalized spacial score (nSPS) is 21.4. The maximum atomic E-state index is 11.9. The van der Waals surface area contributed by atoms with Crippen molar-refractivity contribution in [1.82, 2.24) is 25.9 Å². The van der Waals surface area contributed by atoms with E-state index < -0.39 is 0 Å². The van der Waals surface area contributed by atoms with Crippen LogP contribution in [-0.4, -0.2) is 38.7 Å². The fourth-order valence-electron chi connectivity index (χ4n) is 2.35. The maximum Gasteiger partial charge on any atom is 0.249 e. The van der Waals surface area contributed by atoms with E-state index in [2.05, 4.69) is 25.9 Å². The third kappa shape index (κ3) is 3.25. The Morgan fingerprint density at radius 1 is 1.38 bits per heavy atom. The summed E-state index contributed by atoms with van der Waals surface area (Å²) in [5.74, 6) is 0.514. The van der Waals surface area contributed by atoms with E-state index in [0.29, 0.717) is 12.4 Å². The first-order valence-corrected chi connectivity index (χ1v) is 6.98. The number of carbonyl (C=O) groups excluding carboxylic acids is 1. The minimum Gasteiger partial charge on any atom is -0.365 e. The van der Waals surface area contributed by atoms with Gasteiger partial charge in [0.15, 0.2) is 0 Å². The van der Waals surface area contributed by atoms with Gasteiger partial charge in [0.05, 0.1) is 6.10 Å². The van der Waals surface area contributed by atoms with Gasteiger partial charge in [-0.05, 0) is 30.5 Å². The smallest absolute Gasteiger partial charge is 0.249 e. The molecule has 1 amide bonds. The number of carbonyl (C=O) groups is 1. The lowest BCUT2D eigenvalue weighted by Crippen LogP contribution is -2.34. The Hall–Kier alpha value is -2.28. The molecule has 2 N–H and O–H groups in total. The van der Waals surface area contributed by atoms with Crippen molar-refractivity contribution in [2.24, 2.45) is 0 Å². The Morgan fingerprint density at radius 2 is 2.19 bits per heavy atom. The largest absolute Gasteiger partial charge is 0.365 e. The minimum atomic E-state index is -0.307. The first kappa shape index (κ1) is 13.7. The minimum absolute atomic E-state index is 0.0402. The van der Waals surface area contributed by atoms with E-state index in [4.69, 9.17) is 4.74 Å². The molecule has 21 heavy (non-hydrogen) atoms. The van der Waals surface area contributed by atoms with Gasteiger partial charge in [-0.1, -0.05) is 24.3 Å². The molecule has 1 aromatic carbocycles. The van der Waals surface area contributed by atoms with Crippen molar-refractivity contribution in [3.8, 4) is 11.4 Å². The standard InChI is InChI=1S/C14H17N5O2/c1-9-2-7-12(21-9)14(20)15-8-10-3-5-11(6-4-10)13-16-18-19-17-13/h3-6,9,12H,2,7-8H2,1H3,(H,15,20)(H,16,17,18,19). The average molecular weight is 287 g/mol. The van der Waals surface area contributed by atoms with E-state index in [-0.39, 0.29) is 18.1 Å². The zero-order chi connectivity index (χ0) is 14.7. The number of benzene rings is 1. The predicted molar refractivity (Wildman–Crippen MR) is 75.0 cm³/mol. The van der Waals surface area contributed by atoms with Crippen LogP contribution in [0.15, 0.2) is 24.3 Å². The van der Waals surface area contributed by atoms with Crippen LogP contribution in [0, 0.1) is 0 Å². The number of rotatable bonds is 4. The van der Waals surface area contributed by atoms with Gasteiger partial charge in [0.2, 0.25) is 11.7 Å². The number of hydrogen-bond acceptors (Lipinski definition) is 5. The van der Waals surface area contributed by atoms with Crippen molar-refractivity contribution in [3.05, 3.63) is 29.8 Å². The molecule has 1 fully saturated rings. The molecule has 0 bridgehead atoms. The van der Waals surface area contributed by atoms with Gasteiger partial charge in [-0.3, -0.25) is 4.79 Å². The Morgan fingerprint density at radius 3 is 2.81 bits per heavy atom. The fourth-order valence-corrected chi connectivity index (χ4v) is 2.35. The molecule has 2 atom stereocenters. The number of hydrogen-bond donors (Lipinski definition) is 2. The van der Waals surface area contributed by atoms with E-state index in [1.54, 1.807) is 0 Å². The van der Waals surface area contributed by atoms with Crippen LogP contribution in [0.25, 0.3) is 11.4 Å². The van der Waals surface area contributed by atoms with Crippen molar-refractivity contribution in [2.75, 3.05) is 0 Å². The van der Waals surface area contributed by atoms with Crippen molar-refractivity contribution >= 4 is 5.91 Å². The second-order valence-corrected chi connectivity index (χ2v) is 5.16. The summed E-state index contributed by atoms with van der Waals surface area (Å²) in [6, 6.07) is 7.68. The Bertz CT molecular complexity index is 596. The fraction of sp³-hybridized carbons (Fsp3) is 0.429. The number of amides is 1. The lowest BCUT2D eigenvalue weighted by atomic mass is 10.1. The molecule has 1 aromatic heterocycles. The zero-order valence-electron chi connectivity index (χ0n) is 11.7. The Labute approximate surface area is 122 Å². The van der Waals surface area contributed by atoms with Gasteiger partial charge in [-0.25, -0.2) is 0 Å². The van der Waals surface area contributed by atoms with E-state index >= 15 is 0 Å². The molecular formula is C14H17N5O2. The van der Waals surface area contributed by atoms with Gasteiger partial charge < -0.3 is 10.1 Å². The molecule has 3 rings (SSSR count). The Balaban J connectivity index is 1.55. The highest BCUT2D eigenvalue weighted by Crippen LogP contribution is 2.19. The second kappa shape index (κ2) is 6.01. The first-order chi connectivity index (χ1) is 10.2. The van der Waals surface area contributed by atoms with Gasteiger partial charge >= 0.3 is 0 Å². The van der Waals surface area contributed by atoms with Crippen LogP contribution in [0.5, 0.6) is 0 Å². The lowest BCUT2D eigenvalue weighted by Gasteiger charge is -2.11. The van der Waals surface area contributed by atoms with Crippen LogP contribution in [0.3, 0.4) is 0 Å². The molecule has 1 aliphatic heterocycles. The summed E-state index contributed by atoms with van der Waals surface area (Å²) >= 11 is 0. The van der Waals surface area contributed by atoms with Gasteiger partial charge in [-0.15, -0.1) is 10.2 Å². The molecule has 0 spiro atoms. The highest BCUT2D eigenvalue weighted by atomic mass is 16.5. The quantitative estimate of drug-likeness (QED) is 0.876. The van der Waals surface area contributed by atoms with Crippen LogP contribution in [-0.2, 0) is 16.1 Å². The topological polar surface area (TPSA) is 92.8 Å². The van der Waals surface area contributed by atoms with Crippen LogP contribution in [0.1, 0.15) is 25.3 Å². The van der Waals surface area contributed by atoms with Gasteiger partial charge in [0.25, 0.3) is 0 Å². The second-order valence-electron chi connectivity index (χ2n) is 5.16. The van der Waals surface area contributed by atoms with E-state index in [1.807, 2.05) is 31.2 Å². The summed E-state index contributed by atoms with van der Waals surface area (Å²) in [7, 11) is 0. The summed E-state index contributed by atoms with van der Waals surface area (Å²) in [5.41, 5.74) is 1.90. The van der Waals surface area contributed by atoms with E-state index in [0.717, 1.165) is 24.0 Å². The Kier molecular flexibility index (Phi) is 3.92. The van der Waals surface area contributed by atoms with Gasteiger partial charge in [0, 0.05) is 12.1 Å². The van der Waals surface area contributed by atoms with E-state index in [9.17, 15) is 4.79 Å². The monoisotopic (exact) mass is 287 g/mol. The summed E-state index contributed by atoms with van der Waals surface area (Å²) in [6.45, 7) is 2.48. The summed E-state index contributed by atoms with van der Waals surface area (Å²) in [4.78, 5) is 11.9. The third-order valence-electron chi connectivity index (χ3n) is 3.55. The number of H-pyrrole nitrogens is 1. The molecule has 7 nitrogen and oxygen atoms in total. The number of tetrazole rings is 1. The number of aromatic amines is 1.